The van der Waals surface area contributed by atoms with E-state index in [1.807, 2.05) is 59.6 Å². The quantitative estimate of drug-likeness (QED) is 0.621. The topological polar surface area (TPSA) is 20.2 Å². The minimum atomic E-state index is -0.289. The van der Waals surface area contributed by atoms with Crippen LogP contribution in [0.3, 0.4) is 0 Å². The Kier molecular flexibility index (Phi) is 4.66. The van der Waals surface area contributed by atoms with Crippen LogP contribution in [0, 0.1) is 5.82 Å². The highest BCUT2D eigenvalue weighted by Crippen LogP contribution is 2.34. The second-order valence-corrected chi connectivity index (χ2v) is 6.95. The highest BCUT2D eigenvalue weighted by Gasteiger charge is 2.32. The molecule has 3 aromatic rings. The number of aromatic nitrogens is 1. The van der Waals surface area contributed by atoms with Crippen molar-refractivity contribution in [1.82, 2.24) is 9.47 Å². The Morgan fingerprint density at radius 2 is 1.81 bits per heavy atom. The van der Waals surface area contributed by atoms with E-state index < -0.39 is 0 Å². The molecule has 0 saturated carbocycles. The molecule has 26 heavy (non-hydrogen) atoms. The molecular weight excluding hydrogens is 369 g/mol. The Morgan fingerprint density at radius 1 is 1.04 bits per heavy atom. The highest BCUT2D eigenvalue weighted by atomic mass is 35.5. The van der Waals surface area contributed by atoms with Gasteiger partial charge in [-0.3, -0.25) is 0 Å². The van der Waals surface area contributed by atoms with Gasteiger partial charge in [0.05, 0.1) is 16.8 Å². The van der Waals surface area contributed by atoms with E-state index in [2.05, 4.69) is 9.88 Å². The van der Waals surface area contributed by atoms with Crippen LogP contribution in [0.2, 0.25) is 5.02 Å². The molecule has 3 nitrogen and oxygen atoms in total. The Balaban J connectivity index is 1.71. The van der Waals surface area contributed by atoms with Crippen molar-refractivity contribution in [1.29, 1.82) is 0 Å². The lowest BCUT2D eigenvalue weighted by molar-refractivity contribution is 0.288. The van der Waals surface area contributed by atoms with Crippen molar-refractivity contribution in [3.63, 3.8) is 0 Å². The lowest BCUT2D eigenvalue weighted by atomic mass is 10.00. The van der Waals surface area contributed by atoms with Gasteiger partial charge in [-0.1, -0.05) is 41.9 Å². The summed E-state index contributed by atoms with van der Waals surface area (Å²) in [5, 5.41) is 4.34. The van der Waals surface area contributed by atoms with E-state index in [1.165, 1.54) is 6.07 Å². The first-order valence-electron chi connectivity index (χ1n) is 8.37. The fourth-order valence-electron chi connectivity index (χ4n) is 3.38. The molecule has 1 aliphatic rings. The molecule has 1 aromatic heterocycles. The summed E-state index contributed by atoms with van der Waals surface area (Å²) >= 11 is 11.9. The zero-order valence-electron chi connectivity index (χ0n) is 13.9. The number of anilines is 1. The van der Waals surface area contributed by atoms with Crippen LogP contribution in [0.1, 0.15) is 17.3 Å². The summed E-state index contributed by atoms with van der Waals surface area (Å²) < 4.78 is 16.7. The van der Waals surface area contributed by atoms with Crippen molar-refractivity contribution in [2.75, 3.05) is 11.9 Å². The zero-order valence-corrected chi connectivity index (χ0v) is 15.5. The number of para-hydroxylation sites is 1. The SMILES string of the molecule is Fc1ccccc1[C@@H]1c2cccn2CCN1C(=S)Nc1ccccc1Cl. The summed E-state index contributed by atoms with van der Waals surface area (Å²) in [6, 6.07) is 18.0. The molecule has 0 spiro atoms. The second-order valence-electron chi connectivity index (χ2n) is 6.15. The fraction of sp³-hybridized carbons (Fsp3) is 0.150. The maximum absolute atomic E-state index is 14.6. The number of nitrogens with zero attached hydrogens (tertiary/aromatic N) is 2. The van der Waals surface area contributed by atoms with E-state index in [-0.39, 0.29) is 11.9 Å². The molecule has 1 aliphatic heterocycles. The fourth-order valence-corrected chi connectivity index (χ4v) is 3.87. The Labute approximate surface area is 162 Å². The van der Waals surface area contributed by atoms with E-state index in [1.54, 1.807) is 6.07 Å². The van der Waals surface area contributed by atoms with Gasteiger partial charge in [-0.05, 0) is 42.5 Å². The van der Waals surface area contributed by atoms with Gasteiger partial charge in [-0.2, -0.15) is 0 Å². The van der Waals surface area contributed by atoms with Crippen LogP contribution >= 0.6 is 23.8 Å². The van der Waals surface area contributed by atoms with Gasteiger partial charge in [0.25, 0.3) is 0 Å². The molecule has 0 saturated heterocycles. The van der Waals surface area contributed by atoms with Crippen LogP contribution in [0.25, 0.3) is 0 Å². The van der Waals surface area contributed by atoms with Crippen molar-refractivity contribution in [2.24, 2.45) is 0 Å². The molecule has 1 N–H and O–H groups in total. The summed E-state index contributed by atoms with van der Waals surface area (Å²) in [5.41, 5.74) is 2.37. The predicted octanol–water partition coefficient (Wildman–Crippen LogP) is 5.08. The summed E-state index contributed by atoms with van der Waals surface area (Å²) in [7, 11) is 0. The Hall–Kier alpha value is -2.37. The highest BCUT2D eigenvalue weighted by molar-refractivity contribution is 7.80. The third kappa shape index (κ3) is 3.08. The third-order valence-electron chi connectivity index (χ3n) is 4.61. The van der Waals surface area contributed by atoms with Crippen molar-refractivity contribution in [3.8, 4) is 0 Å². The summed E-state index contributed by atoms with van der Waals surface area (Å²) in [5.74, 6) is -0.238. The Morgan fingerprint density at radius 3 is 2.62 bits per heavy atom. The standard InChI is InChI=1S/C20H17ClFN3S/c21-15-7-2-4-9-17(15)23-20(26)25-13-12-24-11-5-10-18(24)19(25)14-6-1-3-8-16(14)22/h1-11,19H,12-13H2,(H,23,26)/t19-/m1/s1. The molecule has 0 radical (unpaired) electrons. The molecule has 0 fully saturated rings. The van der Waals surface area contributed by atoms with Gasteiger partial charge in [0.2, 0.25) is 0 Å². The van der Waals surface area contributed by atoms with Crippen molar-refractivity contribution in [3.05, 3.63) is 89.0 Å². The van der Waals surface area contributed by atoms with Gasteiger partial charge in [0.15, 0.2) is 5.11 Å². The third-order valence-corrected chi connectivity index (χ3v) is 5.28. The summed E-state index contributed by atoms with van der Waals surface area (Å²) in [6.45, 7) is 1.47. The van der Waals surface area contributed by atoms with Crippen LogP contribution in [0.15, 0.2) is 66.9 Å². The van der Waals surface area contributed by atoms with Gasteiger partial charge in [-0.25, -0.2) is 4.39 Å². The normalized spacial score (nSPS) is 16.2. The second kappa shape index (κ2) is 7.09. The Bertz CT molecular complexity index is 955. The van der Waals surface area contributed by atoms with E-state index in [4.69, 9.17) is 23.8 Å². The number of hydrogen-bond donors (Lipinski definition) is 1. The first-order valence-corrected chi connectivity index (χ1v) is 9.15. The smallest absolute Gasteiger partial charge is 0.174 e. The van der Waals surface area contributed by atoms with E-state index in [9.17, 15) is 4.39 Å². The molecule has 0 amide bonds. The van der Waals surface area contributed by atoms with E-state index >= 15 is 0 Å². The number of halogens is 2. The van der Waals surface area contributed by atoms with Crippen molar-refractivity contribution < 1.29 is 4.39 Å². The summed E-state index contributed by atoms with van der Waals surface area (Å²) in [6.07, 6.45) is 2.02. The van der Waals surface area contributed by atoms with E-state index in [0.717, 1.165) is 17.9 Å². The van der Waals surface area contributed by atoms with Crippen LogP contribution in [-0.4, -0.2) is 21.1 Å². The molecule has 1 atom stereocenters. The van der Waals surface area contributed by atoms with Crippen LogP contribution in [-0.2, 0) is 6.54 Å². The van der Waals surface area contributed by atoms with Crippen molar-refractivity contribution in [2.45, 2.75) is 12.6 Å². The molecule has 0 aliphatic carbocycles. The molecule has 0 bridgehead atoms. The van der Waals surface area contributed by atoms with E-state index in [0.29, 0.717) is 22.2 Å². The molecule has 4 rings (SSSR count). The first-order chi connectivity index (χ1) is 12.6. The lowest BCUT2D eigenvalue weighted by Gasteiger charge is -2.39. The van der Waals surface area contributed by atoms with Gasteiger partial charge in [-0.15, -0.1) is 0 Å². The molecule has 6 heteroatoms. The molecule has 0 unspecified atom stereocenters. The van der Waals surface area contributed by atoms with Crippen LogP contribution in [0.5, 0.6) is 0 Å². The van der Waals surface area contributed by atoms with Gasteiger partial charge in [0.1, 0.15) is 5.82 Å². The van der Waals surface area contributed by atoms with Gasteiger partial charge < -0.3 is 14.8 Å². The predicted molar refractivity (Wildman–Crippen MR) is 107 cm³/mol. The minimum Gasteiger partial charge on any atom is -0.348 e. The number of hydrogen-bond acceptors (Lipinski definition) is 1. The zero-order chi connectivity index (χ0) is 18.1. The van der Waals surface area contributed by atoms with Gasteiger partial charge >= 0.3 is 0 Å². The van der Waals surface area contributed by atoms with Gasteiger partial charge in [0, 0.05) is 30.5 Å². The average Bonchev–Trinajstić information content (AvgIpc) is 3.12. The number of thiocarbonyl (C=S) groups is 1. The number of nitrogens with one attached hydrogen (secondary N) is 1. The minimum absolute atomic E-state index is 0.238. The summed E-state index contributed by atoms with van der Waals surface area (Å²) in [4.78, 5) is 2.02. The molecule has 2 heterocycles. The number of rotatable bonds is 2. The first kappa shape index (κ1) is 17.1. The number of fused-ring (bicyclic) bond motifs is 1. The molecule has 2 aromatic carbocycles. The number of benzene rings is 2. The maximum atomic E-state index is 14.6. The van der Waals surface area contributed by atoms with Crippen molar-refractivity contribution >= 4 is 34.6 Å². The molecule has 132 valence electrons. The largest absolute Gasteiger partial charge is 0.348 e. The lowest BCUT2D eigenvalue weighted by Crippen LogP contribution is -2.44. The average molecular weight is 386 g/mol. The van der Waals surface area contributed by atoms with Crippen LogP contribution < -0.4 is 5.32 Å². The maximum Gasteiger partial charge on any atom is 0.174 e. The monoisotopic (exact) mass is 385 g/mol. The molecular formula is C20H17ClFN3S. The van der Waals surface area contributed by atoms with Crippen LogP contribution in [0.4, 0.5) is 10.1 Å².